The molecule has 2 fully saturated rings. The van der Waals surface area contributed by atoms with E-state index in [1.165, 1.54) is 0 Å². The normalized spacial score (nSPS) is 22.2. The number of rotatable bonds is 4. The van der Waals surface area contributed by atoms with Crippen molar-refractivity contribution in [2.45, 2.75) is 45.1 Å². The fourth-order valence-corrected chi connectivity index (χ4v) is 3.20. The lowest BCUT2D eigenvalue weighted by atomic mass is 10.1. The first-order valence-corrected chi connectivity index (χ1v) is 9.16. The molecule has 0 N–H and O–H groups in total. The SMILES string of the molecule is CC1(C)CN(c2nc(OCC(F)(F)F)nc(N3CCOC(C)(C)C3)n2)CCO1. The molecule has 2 saturated heterocycles. The van der Waals surface area contributed by atoms with Crippen LogP contribution in [0.25, 0.3) is 0 Å². The summed E-state index contributed by atoms with van der Waals surface area (Å²) in [4.78, 5) is 16.5. The Labute approximate surface area is 162 Å². The van der Waals surface area contributed by atoms with Crippen molar-refractivity contribution >= 4 is 11.9 Å². The Morgan fingerprint density at radius 1 is 0.893 bits per heavy atom. The molecule has 0 radical (unpaired) electrons. The first-order chi connectivity index (χ1) is 12.9. The molecular formula is C17H26F3N5O3. The predicted molar refractivity (Wildman–Crippen MR) is 95.9 cm³/mol. The van der Waals surface area contributed by atoms with Gasteiger partial charge in [0.05, 0.1) is 24.4 Å². The molecular weight excluding hydrogens is 379 g/mol. The Kier molecular flexibility index (Phi) is 5.59. The Morgan fingerprint density at radius 2 is 1.36 bits per heavy atom. The Bertz CT molecular complexity index is 653. The zero-order valence-electron chi connectivity index (χ0n) is 16.5. The fourth-order valence-electron chi connectivity index (χ4n) is 3.20. The van der Waals surface area contributed by atoms with Crippen LogP contribution in [0.4, 0.5) is 25.1 Å². The molecule has 0 amide bonds. The zero-order valence-corrected chi connectivity index (χ0v) is 16.5. The van der Waals surface area contributed by atoms with Gasteiger partial charge in [0.1, 0.15) is 0 Å². The van der Waals surface area contributed by atoms with Crippen molar-refractivity contribution < 1.29 is 27.4 Å². The highest BCUT2D eigenvalue weighted by Gasteiger charge is 2.33. The molecule has 0 aromatic carbocycles. The van der Waals surface area contributed by atoms with Gasteiger partial charge in [0.15, 0.2) is 6.61 Å². The maximum absolute atomic E-state index is 12.6. The number of aromatic nitrogens is 3. The van der Waals surface area contributed by atoms with Gasteiger partial charge in [-0.3, -0.25) is 0 Å². The van der Waals surface area contributed by atoms with E-state index in [1.54, 1.807) is 0 Å². The number of halogens is 3. The summed E-state index contributed by atoms with van der Waals surface area (Å²) in [6, 6.07) is -0.342. The highest BCUT2D eigenvalue weighted by molar-refractivity contribution is 5.42. The predicted octanol–water partition coefficient (Wildman–Crippen LogP) is 2.04. The van der Waals surface area contributed by atoms with E-state index in [-0.39, 0.29) is 17.9 Å². The van der Waals surface area contributed by atoms with Gasteiger partial charge in [0.2, 0.25) is 11.9 Å². The van der Waals surface area contributed by atoms with Crippen molar-refractivity contribution in [1.29, 1.82) is 0 Å². The van der Waals surface area contributed by atoms with Crippen LogP contribution in [-0.4, -0.2) is 78.3 Å². The lowest BCUT2D eigenvalue weighted by Crippen LogP contribution is -2.50. The van der Waals surface area contributed by atoms with Gasteiger partial charge >= 0.3 is 12.2 Å². The van der Waals surface area contributed by atoms with Gasteiger partial charge in [-0.05, 0) is 27.7 Å². The highest BCUT2D eigenvalue weighted by Crippen LogP contribution is 2.26. The summed E-state index contributed by atoms with van der Waals surface area (Å²) in [7, 11) is 0. The molecule has 2 aliphatic rings. The van der Waals surface area contributed by atoms with Gasteiger partial charge in [-0.15, -0.1) is 0 Å². The van der Waals surface area contributed by atoms with Gasteiger partial charge in [-0.25, -0.2) is 0 Å². The minimum Gasteiger partial charge on any atom is -0.454 e. The summed E-state index contributed by atoms with van der Waals surface area (Å²) in [6.07, 6.45) is -4.48. The summed E-state index contributed by atoms with van der Waals surface area (Å²) >= 11 is 0. The number of ether oxygens (including phenoxy) is 3. The van der Waals surface area contributed by atoms with E-state index in [0.717, 1.165) is 0 Å². The Balaban J connectivity index is 1.89. The molecule has 0 bridgehead atoms. The van der Waals surface area contributed by atoms with Crippen LogP contribution in [0.5, 0.6) is 6.01 Å². The van der Waals surface area contributed by atoms with Gasteiger partial charge in [0.25, 0.3) is 0 Å². The van der Waals surface area contributed by atoms with E-state index < -0.39 is 24.0 Å². The van der Waals surface area contributed by atoms with Crippen molar-refractivity contribution in [2.75, 3.05) is 55.8 Å². The van der Waals surface area contributed by atoms with E-state index in [1.807, 2.05) is 37.5 Å². The van der Waals surface area contributed by atoms with Gasteiger partial charge in [0, 0.05) is 26.2 Å². The molecule has 11 heteroatoms. The largest absolute Gasteiger partial charge is 0.454 e. The van der Waals surface area contributed by atoms with Crippen LogP contribution >= 0.6 is 0 Å². The summed E-state index contributed by atoms with van der Waals surface area (Å²) in [5, 5.41) is 0. The van der Waals surface area contributed by atoms with E-state index in [0.29, 0.717) is 39.4 Å². The van der Waals surface area contributed by atoms with E-state index >= 15 is 0 Å². The molecule has 0 unspecified atom stereocenters. The molecule has 0 saturated carbocycles. The van der Waals surface area contributed by atoms with Crippen LogP contribution in [0.2, 0.25) is 0 Å². The molecule has 1 aromatic heterocycles. The summed E-state index contributed by atoms with van der Waals surface area (Å²) in [5.41, 5.74) is -0.835. The molecule has 2 aliphatic heterocycles. The molecule has 1 aromatic rings. The molecule has 158 valence electrons. The third-order valence-corrected chi connectivity index (χ3v) is 4.37. The minimum absolute atomic E-state index is 0.280. The standard InChI is InChI=1S/C17H26F3N5O3/c1-15(2)9-24(5-7-27-15)12-21-13(25-6-8-28-16(3,4)10-25)23-14(22-12)26-11-17(18,19)20/h5-11H2,1-4H3. The second-order valence-corrected chi connectivity index (χ2v) is 8.18. The lowest BCUT2D eigenvalue weighted by molar-refractivity contribution is -0.154. The van der Waals surface area contributed by atoms with Gasteiger partial charge in [-0.1, -0.05) is 0 Å². The third kappa shape index (κ3) is 5.57. The van der Waals surface area contributed by atoms with Crippen LogP contribution in [0.15, 0.2) is 0 Å². The van der Waals surface area contributed by atoms with E-state index in [2.05, 4.69) is 15.0 Å². The number of anilines is 2. The fraction of sp³-hybridized carbons (Fsp3) is 0.824. The summed E-state index contributed by atoms with van der Waals surface area (Å²) < 4.78 is 54.0. The molecule has 3 rings (SSSR count). The molecule has 3 heterocycles. The average molecular weight is 405 g/mol. The number of alkyl halides is 3. The van der Waals surface area contributed by atoms with Crippen LogP contribution in [-0.2, 0) is 9.47 Å². The maximum Gasteiger partial charge on any atom is 0.422 e. The first-order valence-electron chi connectivity index (χ1n) is 9.16. The Morgan fingerprint density at radius 3 is 1.75 bits per heavy atom. The molecule has 28 heavy (non-hydrogen) atoms. The smallest absolute Gasteiger partial charge is 0.422 e. The maximum atomic E-state index is 12.6. The third-order valence-electron chi connectivity index (χ3n) is 4.37. The van der Waals surface area contributed by atoms with Gasteiger partial charge < -0.3 is 24.0 Å². The number of hydrogen-bond donors (Lipinski definition) is 0. The van der Waals surface area contributed by atoms with Gasteiger partial charge in [-0.2, -0.15) is 28.1 Å². The van der Waals surface area contributed by atoms with Crippen LogP contribution in [0.1, 0.15) is 27.7 Å². The summed E-state index contributed by atoms with van der Waals surface area (Å²) in [5.74, 6) is 0.561. The number of hydrogen-bond acceptors (Lipinski definition) is 8. The topological polar surface area (TPSA) is 72.8 Å². The highest BCUT2D eigenvalue weighted by atomic mass is 19.4. The van der Waals surface area contributed by atoms with Crippen LogP contribution in [0.3, 0.4) is 0 Å². The van der Waals surface area contributed by atoms with Crippen LogP contribution in [0, 0.1) is 0 Å². The Hall–Kier alpha value is -1.88. The molecule has 8 nitrogen and oxygen atoms in total. The van der Waals surface area contributed by atoms with Crippen molar-refractivity contribution in [3.05, 3.63) is 0 Å². The zero-order chi connectivity index (χ0) is 20.6. The molecule has 0 spiro atoms. The van der Waals surface area contributed by atoms with Crippen LogP contribution < -0.4 is 14.5 Å². The van der Waals surface area contributed by atoms with Crippen molar-refractivity contribution in [3.63, 3.8) is 0 Å². The lowest BCUT2D eigenvalue weighted by Gasteiger charge is -2.39. The monoisotopic (exact) mass is 405 g/mol. The second-order valence-electron chi connectivity index (χ2n) is 8.18. The average Bonchev–Trinajstić information content (AvgIpc) is 2.57. The van der Waals surface area contributed by atoms with Crippen molar-refractivity contribution in [1.82, 2.24) is 15.0 Å². The van der Waals surface area contributed by atoms with E-state index in [9.17, 15) is 13.2 Å². The summed E-state index contributed by atoms with van der Waals surface area (Å²) in [6.45, 7) is 9.29. The van der Waals surface area contributed by atoms with E-state index in [4.69, 9.17) is 14.2 Å². The van der Waals surface area contributed by atoms with Crippen molar-refractivity contribution in [2.24, 2.45) is 0 Å². The molecule has 0 aliphatic carbocycles. The minimum atomic E-state index is -4.48. The first kappa shape index (κ1) is 20.8. The number of morpholine rings is 2. The molecule has 0 atom stereocenters. The van der Waals surface area contributed by atoms with Crippen molar-refractivity contribution in [3.8, 4) is 6.01 Å². The second kappa shape index (κ2) is 7.51. The number of nitrogens with zero attached hydrogens (tertiary/aromatic N) is 5. The quantitative estimate of drug-likeness (QED) is 0.754.